The van der Waals surface area contributed by atoms with Crippen molar-refractivity contribution in [2.45, 2.75) is 37.2 Å². The first-order valence-corrected chi connectivity index (χ1v) is 11.7. The van der Waals surface area contributed by atoms with Crippen LogP contribution in [0, 0.1) is 0 Å². The van der Waals surface area contributed by atoms with E-state index in [0.29, 0.717) is 25.3 Å². The second-order valence-corrected chi connectivity index (χ2v) is 9.42. The van der Waals surface area contributed by atoms with E-state index in [4.69, 9.17) is 20.3 Å². The first kappa shape index (κ1) is 20.7. The van der Waals surface area contributed by atoms with E-state index in [-0.39, 0.29) is 0 Å². The molecule has 2 aliphatic heterocycles. The van der Waals surface area contributed by atoms with Crippen LogP contribution in [0.25, 0.3) is 16.2 Å². The number of piperidine rings is 1. The Kier molecular flexibility index (Phi) is 5.60. The third kappa shape index (κ3) is 3.91. The third-order valence-corrected chi connectivity index (χ3v) is 7.60. The molecule has 2 saturated heterocycles. The van der Waals surface area contributed by atoms with Gasteiger partial charge in [-0.05, 0) is 49.3 Å². The molecule has 0 radical (unpaired) electrons. The topological polar surface area (TPSA) is 98.1 Å². The van der Waals surface area contributed by atoms with E-state index in [9.17, 15) is 5.11 Å². The number of nitrogens with two attached hydrogens (primary N) is 1. The number of imidazole rings is 1. The van der Waals surface area contributed by atoms with E-state index in [1.807, 2.05) is 10.7 Å². The lowest BCUT2D eigenvalue weighted by Crippen LogP contribution is -2.48. The van der Waals surface area contributed by atoms with Gasteiger partial charge < -0.3 is 25.2 Å². The molecule has 2 fully saturated rings. The number of hydrogen-bond acceptors (Lipinski definition) is 8. The highest BCUT2D eigenvalue weighted by atomic mass is 32.1. The summed E-state index contributed by atoms with van der Waals surface area (Å²) in [5.41, 5.74) is 8.17. The zero-order valence-corrected chi connectivity index (χ0v) is 18.6. The molecule has 0 aliphatic carbocycles. The molecule has 1 aromatic carbocycles. The zero-order chi connectivity index (χ0) is 21.4. The van der Waals surface area contributed by atoms with Crippen molar-refractivity contribution in [3.05, 3.63) is 30.0 Å². The summed E-state index contributed by atoms with van der Waals surface area (Å²) in [7, 11) is 1.71. The zero-order valence-electron chi connectivity index (χ0n) is 17.8. The molecule has 9 heteroatoms. The Bertz CT molecular complexity index is 1050. The van der Waals surface area contributed by atoms with Gasteiger partial charge in [0.15, 0.2) is 0 Å². The fourth-order valence-corrected chi connectivity index (χ4v) is 5.45. The highest BCUT2D eigenvalue weighted by molar-refractivity contribution is 7.20. The average molecular weight is 444 g/mol. The number of nitrogens with zero attached hydrogens (tertiary/aromatic N) is 4. The fraction of sp³-hybridized carbons (Fsp3) is 0.545. The number of benzene rings is 1. The Balaban J connectivity index is 1.43. The molecule has 3 aromatic rings. The maximum atomic E-state index is 10.4. The fourth-order valence-electron chi connectivity index (χ4n) is 4.52. The quantitative estimate of drug-likeness (QED) is 0.625. The summed E-state index contributed by atoms with van der Waals surface area (Å²) in [5.74, 6) is 1.35. The van der Waals surface area contributed by atoms with E-state index in [1.165, 1.54) is 5.56 Å². The van der Waals surface area contributed by atoms with Gasteiger partial charge in [0.05, 0.1) is 24.6 Å². The predicted molar refractivity (Wildman–Crippen MR) is 121 cm³/mol. The van der Waals surface area contributed by atoms with Crippen molar-refractivity contribution in [3.63, 3.8) is 0 Å². The van der Waals surface area contributed by atoms with Crippen molar-refractivity contribution in [3.8, 4) is 17.0 Å². The van der Waals surface area contributed by atoms with Gasteiger partial charge in [0.25, 0.3) is 0 Å². The van der Waals surface area contributed by atoms with Crippen LogP contribution in [0.4, 0.5) is 5.13 Å². The molecule has 0 spiro atoms. The van der Waals surface area contributed by atoms with Crippen LogP contribution < -0.4 is 15.4 Å². The Morgan fingerprint density at radius 1 is 1.29 bits per heavy atom. The molecule has 2 aromatic heterocycles. The second-order valence-electron chi connectivity index (χ2n) is 8.48. The van der Waals surface area contributed by atoms with E-state index < -0.39 is 5.60 Å². The molecule has 0 amide bonds. The van der Waals surface area contributed by atoms with Gasteiger partial charge in [-0.15, -0.1) is 5.10 Å². The first-order valence-electron chi connectivity index (χ1n) is 10.9. The van der Waals surface area contributed by atoms with E-state index in [1.54, 1.807) is 18.4 Å². The Morgan fingerprint density at radius 3 is 2.77 bits per heavy atom. The lowest BCUT2D eigenvalue weighted by atomic mass is 9.90. The van der Waals surface area contributed by atoms with E-state index in [2.05, 4.69) is 28.1 Å². The maximum Gasteiger partial charge on any atom is 0.214 e. The molecule has 2 aliphatic rings. The van der Waals surface area contributed by atoms with Crippen molar-refractivity contribution in [2.75, 3.05) is 44.9 Å². The summed E-state index contributed by atoms with van der Waals surface area (Å²) in [6.45, 7) is 3.42. The van der Waals surface area contributed by atoms with Crippen molar-refractivity contribution < 1.29 is 14.6 Å². The maximum absolute atomic E-state index is 10.4. The predicted octanol–water partition coefficient (Wildman–Crippen LogP) is 2.65. The molecule has 0 unspecified atom stereocenters. The number of methoxy groups -OCH3 is 1. The summed E-state index contributed by atoms with van der Waals surface area (Å²) in [6.07, 6.45) is 5.26. The van der Waals surface area contributed by atoms with Crippen molar-refractivity contribution in [1.82, 2.24) is 14.6 Å². The molecule has 4 heterocycles. The van der Waals surface area contributed by atoms with Crippen LogP contribution in [0.1, 0.15) is 37.2 Å². The van der Waals surface area contributed by atoms with E-state index in [0.717, 1.165) is 66.2 Å². The molecular weight excluding hydrogens is 414 g/mol. The van der Waals surface area contributed by atoms with Gasteiger partial charge in [0, 0.05) is 38.4 Å². The van der Waals surface area contributed by atoms with Gasteiger partial charge in [-0.3, -0.25) is 0 Å². The van der Waals surface area contributed by atoms with Crippen molar-refractivity contribution in [1.29, 1.82) is 0 Å². The van der Waals surface area contributed by atoms with Gasteiger partial charge in [0.1, 0.15) is 5.75 Å². The number of hydrogen-bond donors (Lipinski definition) is 2. The number of ether oxygens (including phenoxy) is 2. The lowest BCUT2D eigenvalue weighted by Gasteiger charge is -2.37. The normalized spacial score (nSPS) is 19.8. The SMILES string of the molecule is COc1cc(C2CCOCC2)ccc1-c1cnc2sc(N3CCC(O)(CN)CC3)nn12. The minimum atomic E-state index is -0.751. The van der Waals surface area contributed by atoms with Crippen LogP contribution in [0.5, 0.6) is 5.75 Å². The Labute approximate surface area is 185 Å². The van der Waals surface area contributed by atoms with Gasteiger partial charge in [-0.1, -0.05) is 17.4 Å². The van der Waals surface area contributed by atoms with Crippen LogP contribution in [0.15, 0.2) is 24.4 Å². The summed E-state index contributed by atoms with van der Waals surface area (Å²) in [5, 5.41) is 16.2. The minimum absolute atomic E-state index is 0.301. The largest absolute Gasteiger partial charge is 0.496 e. The van der Waals surface area contributed by atoms with Crippen molar-refractivity contribution in [2.24, 2.45) is 5.73 Å². The van der Waals surface area contributed by atoms with Crippen LogP contribution in [0.3, 0.4) is 0 Å². The third-order valence-electron chi connectivity index (χ3n) is 6.61. The summed E-state index contributed by atoms with van der Waals surface area (Å²) < 4.78 is 13.2. The molecule has 3 N–H and O–H groups in total. The summed E-state index contributed by atoms with van der Waals surface area (Å²) in [6, 6.07) is 6.46. The van der Waals surface area contributed by atoms with Gasteiger partial charge in [-0.2, -0.15) is 0 Å². The standard InChI is InChI=1S/C22H29N5O3S/c1-29-19-12-16(15-4-10-30-11-5-15)2-3-17(19)18-13-24-20-27(18)25-21(31-20)26-8-6-22(28,14-23)7-9-26/h2-3,12-13,15,28H,4-11,14,23H2,1H3. The van der Waals surface area contributed by atoms with Crippen LogP contribution in [-0.4, -0.2) is 65.3 Å². The number of aliphatic hydroxyl groups is 1. The second kappa shape index (κ2) is 8.38. The molecule has 5 rings (SSSR count). The molecule has 166 valence electrons. The first-order chi connectivity index (χ1) is 15.1. The smallest absolute Gasteiger partial charge is 0.214 e. The highest BCUT2D eigenvalue weighted by Gasteiger charge is 2.32. The van der Waals surface area contributed by atoms with Crippen molar-refractivity contribution >= 4 is 21.4 Å². The molecule has 0 atom stereocenters. The van der Waals surface area contributed by atoms with Crippen LogP contribution in [0.2, 0.25) is 0 Å². The van der Waals surface area contributed by atoms with Crippen LogP contribution in [-0.2, 0) is 4.74 Å². The summed E-state index contributed by atoms with van der Waals surface area (Å²) >= 11 is 1.57. The Morgan fingerprint density at radius 2 is 2.06 bits per heavy atom. The molecule has 8 nitrogen and oxygen atoms in total. The minimum Gasteiger partial charge on any atom is -0.496 e. The van der Waals surface area contributed by atoms with Gasteiger partial charge >= 0.3 is 0 Å². The molecule has 0 bridgehead atoms. The molecular formula is C22H29N5O3S. The number of rotatable bonds is 5. The number of fused-ring (bicyclic) bond motifs is 1. The average Bonchev–Trinajstić information content (AvgIpc) is 3.41. The summed E-state index contributed by atoms with van der Waals surface area (Å²) in [4.78, 5) is 7.65. The number of aromatic nitrogens is 3. The lowest BCUT2D eigenvalue weighted by molar-refractivity contribution is 0.0249. The Hall–Kier alpha value is -2.20. The van der Waals surface area contributed by atoms with Gasteiger partial charge in [0.2, 0.25) is 10.1 Å². The molecule has 0 saturated carbocycles. The highest BCUT2D eigenvalue weighted by Crippen LogP contribution is 2.37. The van der Waals surface area contributed by atoms with E-state index >= 15 is 0 Å². The number of anilines is 1. The molecule has 31 heavy (non-hydrogen) atoms. The monoisotopic (exact) mass is 443 g/mol. The van der Waals surface area contributed by atoms with Gasteiger partial charge in [-0.25, -0.2) is 9.50 Å². The van der Waals surface area contributed by atoms with Crippen LogP contribution >= 0.6 is 11.3 Å².